The molecule has 5 rings (SSSR count). The first kappa shape index (κ1) is 18.7. The maximum Gasteiger partial charge on any atom is 0.233 e. The first-order valence-corrected chi connectivity index (χ1v) is 11.8. The number of rotatable bonds is 4. The van der Waals surface area contributed by atoms with Crippen LogP contribution in [0.1, 0.15) is 10.4 Å². The van der Waals surface area contributed by atoms with Gasteiger partial charge in [0.1, 0.15) is 17.2 Å². The van der Waals surface area contributed by atoms with Gasteiger partial charge >= 0.3 is 0 Å². The third-order valence-electron chi connectivity index (χ3n) is 4.90. The smallest absolute Gasteiger partial charge is 0.233 e. The first-order valence-electron chi connectivity index (χ1n) is 9.14. The second kappa shape index (κ2) is 7.85. The summed E-state index contributed by atoms with van der Waals surface area (Å²) in [6.07, 6.45) is 2.47. The van der Waals surface area contributed by atoms with Gasteiger partial charge in [-0.25, -0.2) is 14.4 Å². The zero-order chi connectivity index (χ0) is 19.8. The van der Waals surface area contributed by atoms with Crippen molar-refractivity contribution in [3.05, 3.63) is 64.4 Å². The van der Waals surface area contributed by atoms with Gasteiger partial charge in [0.25, 0.3) is 0 Å². The number of hydrogen-bond donors (Lipinski definition) is 0. The predicted octanol–water partition coefficient (Wildman–Crippen LogP) is 5.24. The molecule has 0 saturated carbocycles. The summed E-state index contributed by atoms with van der Waals surface area (Å²) in [6.45, 7) is 1.48. The number of thiophene rings is 2. The van der Waals surface area contributed by atoms with Crippen molar-refractivity contribution in [2.75, 3.05) is 12.3 Å². The number of benzene rings is 1. The van der Waals surface area contributed by atoms with E-state index in [0.29, 0.717) is 12.3 Å². The molecule has 3 aromatic heterocycles. The standard InChI is InChI=1S/C21H16FN3OS3/c22-15-3-1-13(2-4-15)18-9-16-20(29-18)21(24-12-23-16)28-11-19(26)25-7-5-17-14(10-25)6-8-27-17/h1-4,6,8-9,12H,5,7,10-11H2. The van der Waals surface area contributed by atoms with Crippen LogP contribution in [0.25, 0.3) is 20.7 Å². The molecule has 0 radical (unpaired) electrons. The summed E-state index contributed by atoms with van der Waals surface area (Å²) in [4.78, 5) is 25.8. The lowest BCUT2D eigenvalue weighted by Crippen LogP contribution is -2.36. The van der Waals surface area contributed by atoms with E-state index in [0.717, 1.165) is 38.6 Å². The third kappa shape index (κ3) is 3.80. The molecule has 0 N–H and O–H groups in total. The van der Waals surface area contributed by atoms with E-state index in [-0.39, 0.29) is 11.7 Å². The van der Waals surface area contributed by atoms with Gasteiger partial charge in [-0.1, -0.05) is 23.9 Å². The molecule has 0 bridgehead atoms. The van der Waals surface area contributed by atoms with Crippen molar-refractivity contribution in [1.29, 1.82) is 0 Å². The zero-order valence-corrected chi connectivity index (χ0v) is 17.7. The Morgan fingerprint density at radius 3 is 2.93 bits per heavy atom. The average molecular weight is 442 g/mol. The number of amides is 1. The molecular weight excluding hydrogens is 425 g/mol. The molecule has 1 aliphatic rings. The Labute approximate surface area is 179 Å². The van der Waals surface area contributed by atoms with E-state index < -0.39 is 0 Å². The molecule has 29 heavy (non-hydrogen) atoms. The van der Waals surface area contributed by atoms with E-state index in [2.05, 4.69) is 21.4 Å². The van der Waals surface area contributed by atoms with Crippen molar-refractivity contribution in [2.45, 2.75) is 18.0 Å². The topological polar surface area (TPSA) is 46.1 Å². The molecule has 0 fully saturated rings. The van der Waals surface area contributed by atoms with Crippen LogP contribution in [-0.2, 0) is 17.8 Å². The molecule has 4 aromatic rings. The summed E-state index contributed by atoms with van der Waals surface area (Å²) in [6, 6.07) is 10.5. The zero-order valence-electron chi connectivity index (χ0n) is 15.3. The lowest BCUT2D eigenvalue weighted by Gasteiger charge is -2.26. The molecule has 0 aliphatic carbocycles. The summed E-state index contributed by atoms with van der Waals surface area (Å²) in [5.74, 6) is 0.237. The van der Waals surface area contributed by atoms with Crippen LogP contribution >= 0.6 is 34.4 Å². The molecule has 1 amide bonds. The highest BCUT2D eigenvalue weighted by Crippen LogP contribution is 2.37. The molecule has 1 aromatic carbocycles. The fraction of sp³-hybridized carbons (Fsp3) is 0.190. The highest BCUT2D eigenvalue weighted by molar-refractivity contribution is 8.00. The minimum absolute atomic E-state index is 0.133. The van der Waals surface area contributed by atoms with Crippen LogP contribution in [0.2, 0.25) is 0 Å². The second-order valence-corrected chi connectivity index (χ2v) is 9.75. The van der Waals surface area contributed by atoms with Crippen molar-refractivity contribution in [3.8, 4) is 10.4 Å². The van der Waals surface area contributed by atoms with Gasteiger partial charge in [-0.3, -0.25) is 4.79 Å². The number of hydrogen-bond acceptors (Lipinski definition) is 6. The molecule has 0 atom stereocenters. The summed E-state index contributed by atoms with van der Waals surface area (Å²) in [5.41, 5.74) is 3.06. The number of fused-ring (bicyclic) bond motifs is 2. The maximum absolute atomic E-state index is 13.2. The van der Waals surface area contributed by atoms with Gasteiger partial charge in [-0.2, -0.15) is 0 Å². The highest BCUT2D eigenvalue weighted by atomic mass is 32.2. The van der Waals surface area contributed by atoms with Crippen LogP contribution in [0, 0.1) is 5.82 Å². The van der Waals surface area contributed by atoms with Crippen LogP contribution in [0.3, 0.4) is 0 Å². The Morgan fingerprint density at radius 1 is 1.21 bits per heavy atom. The number of carbonyl (C=O) groups is 1. The minimum Gasteiger partial charge on any atom is -0.337 e. The van der Waals surface area contributed by atoms with Crippen molar-refractivity contribution >= 4 is 50.6 Å². The quantitative estimate of drug-likeness (QED) is 0.321. The van der Waals surface area contributed by atoms with E-state index >= 15 is 0 Å². The third-order valence-corrected chi connectivity index (χ3v) is 8.21. The van der Waals surface area contributed by atoms with Gasteiger partial charge in [0.15, 0.2) is 0 Å². The molecule has 146 valence electrons. The lowest BCUT2D eigenvalue weighted by atomic mass is 10.1. The Morgan fingerprint density at radius 2 is 2.07 bits per heavy atom. The largest absolute Gasteiger partial charge is 0.337 e. The SMILES string of the molecule is O=C(CSc1ncnc2cc(-c3ccc(F)cc3)sc12)N1CCc2sccc2C1. The summed E-state index contributed by atoms with van der Waals surface area (Å²) >= 11 is 4.80. The van der Waals surface area contributed by atoms with E-state index in [4.69, 9.17) is 0 Å². The summed E-state index contributed by atoms with van der Waals surface area (Å²) < 4.78 is 14.2. The number of carbonyl (C=O) groups excluding carboxylic acids is 1. The van der Waals surface area contributed by atoms with Crippen molar-refractivity contribution in [3.63, 3.8) is 0 Å². The van der Waals surface area contributed by atoms with E-state index in [1.54, 1.807) is 34.8 Å². The monoisotopic (exact) mass is 441 g/mol. The average Bonchev–Trinajstić information content (AvgIpc) is 3.39. The van der Waals surface area contributed by atoms with E-state index in [1.165, 1.54) is 40.7 Å². The van der Waals surface area contributed by atoms with E-state index in [9.17, 15) is 9.18 Å². The van der Waals surface area contributed by atoms with Gasteiger partial charge in [0.05, 0.1) is 16.0 Å². The molecule has 0 spiro atoms. The first-order chi connectivity index (χ1) is 14.2. The van der Waals surface area contributed by atoms with Gasteiger partial charge < -0.3 is 4.90 Å². The fourth-order valence-corrected chi connectivity index (χ4v) is 6.37. The molecule has 0 unspecified atom stereocenters. The summed E-state index contributed by atoms with van der Waals surface area (Å²) in [5, 5.41) is 2.91. The van der Waals surface area contributed by atoms with Gasteiger partial charge in [0, 0.05) is 22.8 Å². The normalized spacial score (nSPS) is 13.6. The van der Waals surface area contributed by atoms with Gasteiger partial charge in [0.2, 0.25) is 5.91 Å². The van der Waals surface area contributed by atoms with E-state index in [1.807, 2.05) is 11.0 Å². The maximum atomic E-state index is 13.2. The Bertz CT molecular complexity index is 1190. The van der Waals surface area contributed by atoms with Gasteiger partial charge in [-0.15, -0.1) is 22.7 Å². The Hall–Kier alpha value is -2.29. The number of aromatic nitrogens is 2. The number of nitrogens with zero attached hydrogens (tertiary/aromatic N) is 3. The van der Waals surface area contributed by atoms with Crippen LogP contribution in [-0.4, -0.2) is 33.1 Å². The molecule has 8 heteroatoms. The van der Waals surface area contributed by atoms with Crippen LogP contribution in [0.4, 0.5) is 4.39 Å². The minimum atomic E-state index is -0.253. The number of halogens is 1. The molecule has 0 saturated heterocycles. The van der Waals surface area contributed by atoms with Crippen LogP contribution < -0.4 is 0 Å². The molecule has 1 aliphatic heterocycles. The van der Waals surface area contributed by atoms with Crippen LogP contribution in [0.15, 0.2) is 53.1 Å². The van der Waals surface area contributed by atoms with Gasteiger partial charge in [-0.05, 0) is 47.2 Å². The fourth-order valence-electron chi connectivity index (χ4n) is 3.37. The second-order valence-electron chi connectivity index (χ2n) is 6.73. The van der Waals surface area contributed by atoms with Crippen LogP contribution in [0.5, 0.6) is 0 Å². The summed E-state index contributed by atoms with van der Waals surface area (Å²) in [7, 11) is 0. The molecular formula is C21H16FN3OS3. The number of thioether (sulfide) groups is 1. The van der Waals surface area contributed by atoms with Crippen molar-refractivity contribution in [2.24, 2.45) is 0 Å². The Balaban J connectivity index is 1.33. The molecule has 4 nitrogen and oxygen atoms in total. The van der Waals surface area contributed by atoms with Crippen molar-refractivity contribution < 1.29 is 9.18 Å². The predicted molar refractivity (Wildman–Crippen MR) is 117 cm³/mol. The highest BCUT2D eigenvalue weighted by Gasteiger charge is 2.22. The Kier molecular flexibility index (Phi) is 5.07. The van der Waals surface area contributed by atoms with Crippen molar-refractivity contribution in [1.82, 2.24) is 14.9 Å². The molecule has 4 heterocycles. The lowest BCUT2D eigenvalue weighted by molar-refractivity contribution is -0.129.